The van der Waals surface area contributed by atoms with Crippen LogP contribution in [0.1, 0.15) is 0 Å². The molecule has 0 amide bonds. The van der Waals surface area contributed by atoms with E-state index >= 15 is 0 Å². The van der Waals surface area contributed by atoms with Gasteiger partial charge in [0.25, 0.3) is 0 Å². The average Bonchev–Trinajstić information content (AvgIpc) is 3.07. The van der Waals surface area contributed by atoms with Crippen molar-refractivity contribution in [2.45, 2.75) is 18.7 Å². The Hall–Kier alpha value is -2.10. The van der Waals surface area contributed by atoms with Crippen molar-refractivity contribution in [1.82, 2.24) is 30.4 Å². The summed E-state index contributed by atoms with van der Waals surface area (Å²) in [5.74, 6) is 0. The molecule has 0 atom stereocenters. The number of rotatable bonds is 5. The summed E-state index contributed by atoms with van der Waals surface area (Å²) in [6, 6.07) is 0. The van der Waals surface area contributed by atoms with E-state index in [-0.39, 0.29) is 26.0 Å². The molecule has 0 aliphatic carbocycles. The van der Waals surface area contributed by atoms with Gasteiger partial charge in [-0.15, -0.1) is 20.4 Å². The zero-order valence-corrected chi connectivity index (χ0v) is 14.1. The van der Waals surface area contributed by atoms with Crippen molar-refractivity contribution in [1.29, 1.82) is 0 Å². The van der Waals surface area contributed by atoms with Gasteiger partial charge in [-0.05, 0) is 23.5 Å². The van der Waals surface area contributed by atoms with Crippen molar-refractivity contribution in [2.24, 2.45) is 0 Å². The zero-order chi connectivity index (χ0) is 16.4. The summed E-state index contributed by atoms with van der Waals surface area (Å²) in [7, 11) is 0. The first-order valence-corrected chi connectivity index (χ1v) is 8.82. The molecule has 4 N–H and O–H groups in total. The lowest BCUT2D eigenvalue weighted by atomic mass is 10.5. The van der Waals surface area contributed by atoms with Crippen LogP contribution in [-0.2, 0) is 0 Å². The van der Waals surface area contributed by atoms with Gasteiger partial charge in [0.15, 0.2) is 18.7 Å². The lowest BCUT2D eigenvalue weighted by Crippen LogP contribution is -1.98. The average molecular weight is 387 g/mol. The van der Waals surface area contributed by atoms with E-state index in [1.165, 1.54) is 6.33 Å². The number of nitrogens with two attached hydrogens (primary N) is 2. The molecule has 3 heterocycles. The number of hydrogen-bond donors (Lipinski definition) is 2. The van der Waals surface area contributed by atoms with Crippen LogP contribution in [0.4, 0.5) is 16.0 Å². The summed E-state index contributed by atoms with van der Waals surface area (Å²) in [4.78, 5) is 18.8. The minimum atomic E-state index is -0.556. The Morgan fingerprint density at radius 3 is 1.78 bits per heavy atom. The van der Waals surface area contributed by atoms with Crippen LogP contribution in [0.2, 0.25) is 0 Å². The normalized spacial score (nSPS) is 10.8. The molecular weight excluding hydrogens is 382 g/mol. The number of aromatic nitrogens is 6. The Morgan fingerprint density at radius 1 is 0.957 bits per heavy atom. The Morgan fingerprint density at radius 2 is 1.43 bits per heavy atom. The van der Waals surface area contributed by atoms with Crippen LogP contribution in [0.25, 0.3) is 0 Å². The first kappa shape index (κ1) is 15.8. The number of hydrogen-bond acceptors (Lipinski definition) is 14. The van der Waals surface area contributed by atoms with Gasteiger partial charge in [0.1, 0.15) is 6.33 Å². The maximum absolute atomic E-state index is 11.4. The third-order valence-electron chi connectivity index (χ3n) is 2.15. The van der Waals surface area contributed by atoms with E-state index in [1.54, 1.807) is 0 Å². The van der Waals surface area contributed by atoms with E-state index in [0.29, 0.717) is 8.68 Å². The smallest absolute Gasteiger partial charge is 0.334 e. The SMILES string of the molecule is Nc1nnc(Sc2ncnc(Sc3nnc(N)s3)c2[N+](=O)[O-])s1. The van der Waals surface area contributed by atoms with Gasteiger partial charge in [-0.25, -0.2) is 9.97 Å². The molecule has 0 fully saturated rings. The van der Waals surface area contributed by atoms with Crippen LogP contribution in [0, 0.1) is 10.1 Å². The van der Waals surface area contributed by atoms with Crippen LogP contribution in [-0.4, -0.2) is 35.3 Å². The van der Waals surface area contributed by atoms with Crippen LogP contribution in [0.3, 0.4) is 0 Å². The lowest BCUT2D eigenvalue weighted by Gasteiger charge is -2.02. The summed E-state index contributed by atoms with van der Waals surface area (Å²) < 4.78 is 0.890. The predicted octanol–water partition coefficient (Wildman–Crippen LogP) is 1.55. The largest absolute Gasteiger partial charge is 0.374 e. The van der Waals surface area contributed by atoms with Crippen molar-refractivity contribution in [3.8, 4) is 0 Å². The third kappa shape index (κ3) is 3.63. The van der Waals surface area contributed by atoms with Crippen LogP contribution >= 0.6 is 46.2 Å². The molecule has 0 unspecified atom stereocenters. The fourth-order valence-corrected chi connectivity index (χ4v) is 4.64. The highest BCUT2D eigenvalue weighted by molar-refractivity contribution is 8.02. The fraction of sp³-hybridized carbons (Fsp3) is 0. The topological polar surface area (TPSA) is 173 Å². The number of nitrogen functional groups attached to an aromatic ring is 2. The van der Waals surface area contributed by atoms with Crippen molar-refractivity contribution >= 4 is 62.1 Å². The summed E-state index contributed by atoms with van der Waals surface area (Å²) in [6.07, 6.45) is 1.23. The molecule has 0 saturated carbocycles. The zero-order valence-electron chi connectivity index (χ0n) is 10.8. The molecule has 0 spiro atoms. The van der Waals surface area contributed by atoms with E-state index in [2.05, 4.69) is 30.4 Å². The van der Waals surface area contributed by atoms with E-state index in [4.69, 9.17) is 11.5 Å². The van der Waals surface area contributed by atoms with E-state index < -0.39 is 4.92 Å². The maximum atomic E-state index is 11.4. The van der Waals surface area contributed by atoms with Gasteiger partial charge in [-0.2, -0.15) is 0 Å². The maximum Gasteiger partial charge on any atom is 0.334 e. The minimum absolute atomic E-state index is 0.140. The molecule has 118 valence electrons. The van der Waals surface area contributed by atoms with E-state index in [0.717, 1.165) is 46.2 Å². The van der Waals surface area contributed by atoms with Crippen LogP contribution in [0.15, 0.2) is 25.1 Å². The van der Waals surface area contributed by atoms with E-state index in [9.17, 15) is 10.1 Å². The molecule has 15 heteroatoms. The van der Waals surface area contributed by atoms with Crippen molar-refractivity contribution in [2.75, 3.05) is 11.5 Å². The first-order valence-electron chi connectivity index (χ1n) is 5.56. The molecule has 3 aromatic heterocycles. The minimum Gasteiger partial charge on any atom is -0.374 e. The van der Waals surface area contributed by atoms with Crippen LogP contribution < -0.4 is 11.5 Å². The number of nitrogens with zero attached hydrogens (tertiary/aromatic N) is 7. The first-order chi connectivity index (χ1) is 11.0. The lowest BCUT2D eigenvalue weighted by molar-refractivity contribution is -0.391. The van der Waals surface area contributed by atoms with Gasteiger partial charge in [0, 0.05) is 0 Å². The molecule has 23 heavy (non-hydrogen) atoms. The van der Waals surface area contributed by atoms with Gasteiger partial charge in [-0.3, -0.25) is 10.1 Å². The van der Waals surface area contributed by atoms with Crippen molar-refractivity contribution < 1.29 is 4.92 Å². The van der Waals surface area contributed by atoms with Gasteiger partial charge in [-0.1, -0.05) is 22.7 Å². The molecule has 0 saturated heterocycles. The van der Waals surface area contributed by atoms with Crippen LogP contribution in [0.5, 0.6) is 0 Å². The number of nitro groups is 1. The standard InChI is InChI=1S/C8H5N9O2S4/c9-5-13-15-7(22-5)20-3-2(17(18)19)4(12-1-11-3)21-8-16-14-6(10)23-8/h1H,(H2,9,13)(H2,10,14). The summed E-state index contributed by atoms with van der Waals surface area (Å²) in [6.45, 7) is 0. The van der Waals surface area contributed by atoms with Gasteiger partial charge >= 0.3 is 5.69 Å². The molecule has 0 aliphatic heterocycles. The summed E-state index contributed by atoms with van der Waals surface area (Å²) in [5, 5.41) is 27.2. The molecule has 0 aliphatic rings. The highest BCUT2D eigenvalue weighted by Crippen LogP contribution is 2.41. The molecule has 3 aromatic rings. The highest BCUT2D eigenvalue weighted by atomic mass is 32.2. The molecule has 0 aromatic carbocycles. The molecular formula is C8H5N9O2S4. The van der Waals surface area contributed by atoms with Gasteiger partial charge in [0.05, 0.1) is 4.92 Å². The number of anilines is 2. The second-order valence-corrected chi connectivity index (χ2v) is 8.10. The van der Waals surface area contributed by atoms with Gasteiger partial charge < -0.3 is 11.5 Å². The monoisotopic (exact) mass is 387 g/mol. The molecule has 0 radical (unpaired) electrons. The van der Waals surface area contributed by atoms with Gasteiger partial charge in [0.2, 0.25) is 10.3 Å². The Labute approximate surface area is 144 Å². The Bertz CT molecular complexity index is 804. The second kappa shape index (κ2) is 6.57. The summed E-state index contributed by atoms with van der Waals surface area (Å²) >= 11 is 4.21. The summed E-state index contributed by atoms with van der Waals surface area (Å²) in [5.41, 5.74) is 10.8. The molecule has 11 nitrogen and oxygen atoms in total. The van der Waals surface area contributed by atoms with Crippen molar-refractivity contribution in [3.63, 3.8) is 0 Å². The highest BCUT2D eigenvalue weighted by Gasteiger charge is 2.26. The quantitative estimate of drug-likeness (QED) is 0.368. The van der Waals surface area contributed by atoms with E-state index in [1.807, 2.05) is 0 Å². The fourth-order valence-electron chi connectivity index (χ4n) is 1.34. The predicted molar refractivity (Wildman–Crippen MR) is 85.6 cm³/mol. The third-order valence-corrected chi connectivity index (χ3v) is 5.74. The molecule has 3 rings (SSSR count). The van der Waals surface area contributed by atoms with Crippen molar-refractivity contribution in [3.05, 3.63) is 16.4 Å². The Kier molecular flexibility index (Phi) is 4.51. The molecule has 0 bridgehead atoms. The second-order valence-electron chi connectivity index (χ2n) is 3.61. The Balaban J connectivity index is 1.96.